The second-order valence-corrected chi connectivity index (χ2v) is 3.88. The normalized spacial score (nSPS) is 12.8. The van der Waals surface area contributed by atoms with Crippen molar-refractivity contribution >= 4 is 11.5 Å². The molecule has 6 heteroatoms. The van der Waals surface area contributed by atoms with Crippen molar-refractivity contribution in [1.29, 1.82) is 0 Å². The third kappa shape index (κ3) is 2.07. The van der Waals surface area contributed by atoms with Crippen LogP contribution in [0.2, 0.25) is 0 Å². The van der Waals surface area contributed by atoms with Gasteiger partial charge in [0.15, 0.2) is 5.69 Å². The number of pyridine rings is 1. The van der Waals surface area contributed by atoms with Gasteiger partial charge in [-0.25, -0.2) is 9.78 Å². The summed E-state index contributed by atoms with van der Waals surface area (Å²) in [6, 6.07) is 2.88. The fourth-order valence-electron chi connectivity index (χ4n) is 1.70. The number of aromatic hydroxyl groups is 1. The number of aromatic nitrogens is 2. The van der Waals surface area contributed by atoms with Crippen LogP contribution in [0.25, 0.3) is 5.52 Å². The highest BCUT2D eigenvalue weighted by Crippen LogP contribution is 2.18. The Morgan fingerprint density at radius 2 is 2.24 bits per heavy atom. The van der Waals surface area contributed by atoms with Gasteiger partial charge in [-0.1, -0.05) is 0 Å². The van der Waals surface area contributed by atoms with E-state index in [0.717, 1.165) is 0 Å². The van der Waals surface area contributed by atoms with Crippen LogP contribution in [-0.4, -0.2) is 36.8 Å². The van der Waals surface area contributed by atoms with Gasteiger partial charge in [-0.05, 0) is 19.1 Å². The van der Waals surface area contributed by atoms with Crippen molar-refractivity contribution in [3.05, 3.63) is 29.8 Å². The molecule has 2 aromatic heterocycles. The number of rotatable bonds is 3. The monoisotopic (exact) mass is 236 g/mol. The van der Waals surface area contributed by atoms with Crippen LogP contribution in [0.4, 0.5) is 0 Å². The molecule has 1 atom stereocenters. The van der Waals surface area contributed by atoms with Gasteiger partial charge in [-0.15, -0.1) is 0 Å². The third-order valence-corrected chi connectivity index (χ3v) is 2.37. The Labute approximate surface area is 96.8 Å². The molecule has 2 rings (SSSR count). The van der Waals surface area contributed by atoms with Crippen LogP contribution < -0.4 is 0 Å². The van der Waals surface area contributed by atoms with E-state index in [0.29, 0.717) is 11.3 Å². The second kappa shape index (κ2) is 4.06. The summed E-state index contributed by atoms with van der Waals surface area (Å²) in [5.41, 5.74) is 0.312. The van der Waals surface area contributed by atoms with Gasteiger partial charge in [-0.3, -0.25) is 4.40 Å². The van der Waals surface area contributed by atoms with Crippen molar-refractivity contribution in [2.45, 2.75) is 19.4 Å². The van der Waals surface area contributed by atoms with Gasteiger partial charge in [-0.2, -0.15) is 0 Å². The number of hydrogen-bond donors (Lipinski definition) is 3. The molecule has 0 aromatic carbocycles. The molecule has 6 nitrogen and oxygen atoms in total. The van der Waals surface area contributed by atoms with E-state index < -0.39 is 12.1 Å². The molecule has 0 aliphatic rings. The molecule has 2 aromatic rings. The van der Waals surface area contributed by atoms with Crippen molar-refractivity contribution in [2.75, 3.05) is 0 Å². The number of aliphatic hydroxyl groups is 1. The number of aromatic carboxylic acids is 1. The van der Waals surface area contributed by atoms with Gasteiger partial charge in [0, 0.05) is 6.42 Å². The Balaban J connectivity index is 2.66. The Morgan fingerprint density at radius 1 is 1.53 bits per heavy atom. The second-order valence-electron chi connectivity index (χ2n) is 3.88. The standard InChI is InChI=1S/C11H12N2O4/c1-6(14)4-9-12-10(11(16)17)8-3-2-7(15)5-13(8)9/h2-3,5-6,14-15H,4H2,1H3,(H,16,17). The summed E-state index contributed by atoms with van der Waals surface area (Å²) in [4.78, 5) is 15.0. The fraction of sp³-hybridized carbons (Fsp3) is 0.273. The van der Waals surface area contributed by atoms with Crippen molar-refractivity contribution in [2.24, 2.45) is 0 Å². The van der Waals surface area contributed by atoms with Crippen molar-refractivity contribution in [1.82, 2.24) is 9.38 Å². The summed E-state index contributed by atoms with van der Waals surface area (Å²) in [5, 5.41) is 27.7. The van der Waals surface area contributed by atoms with E-state index in [1.54, 1.807) is 6.92 Å². The van der Waals surface area contributed by atoms with Crippen LogP contribution in [0.3, 0.4) is 0 Å². The number of imidazole rings is 1. The zero-order valence-electron chi connectivity index (χ0n) is 9.16. The molecular weight excluding hydrogens is 224 g/mol. The first-order valence-electron chi connectivity index (χ1n) is 5.10. The number of aliphatic hydroxyl groups excluding tert-OH is 1. The van der Waals surface area contributed by atoms with E-state index in [9.17, 15) is 15.0 Å². The maximum atomic E-state index is 11.0. The van der Waals surface area contributed by atoms with E-state index >= 15 is 0 Å². The highest BCUT2D eigenvalue weighted by atomic mass is 16.4. The lowest BCUT2D eigenvalue weighted by molar-refractivity contribution is 0.0692. The van der Waals surface area contributed by atoms with Crippen molar-refractivity contribution < 1.29 is 20.1 Å². The van der Waals surface area contributed by atoms with E-state index in [1.165, 1.54) is 22.7 Å². The minimum atomic E-state index is -1.13. The molecule has 1 unspecified atom stereocenters. The minimum Gasteiger partial charge on any atom is -0.506 e. The predicted molar refractivity (Wildman–Crippen MR) is 59.2 cm³/mol. The smallest absolute Gasteiger partial charge is 0.356 e. The summed E-state index contributed by atoms with van der Waals surface area (Å²) in [6.07, 6.45) is 0.967. The molecule has 0 amide bonds. The van der Waals surface area contributed by atoms with Gasteiger partial charge in [0.05, 0.1) is 17.8 Å². The molecule has 0 fully saturated rings. The van der Waals surface area contributed by atoms with E-state index in [2.05, 4.69) is 4.98 Å². The van der Waals surface area contributed by atoms with E-state index in [4.69, 9.17) is 5.11 Å². The average molecular weight is 236 g/mol. The number of nitrogens with zero attached hydrogens (tertiary/aromatic N) is 2. The molecule has 0 radical (unpaired) electrons. The topological polar surface area (TPSA) is 95.1 Å². The molecule has 17 heavy (non-hydrogen) atoms. The van der Waals surface area contributed by atoms with Gasteiger partial charge in [0.25, 0.3) is 0 Å². The Hall–Kier alpha value is -2.08. The van der Waals surface area contributed by atoms with Gasteiger partial charge >= 0.3 is 5.97 Å². The molecule has 0 aliphatic heterocycles. The lowest BCUT2D eigenvalue weighted by atomic mass is 10.3. The van der Waals surface area contributed by atoms with Crippen molar-refractivity contribution in [3.63, 3.8) is 0 Å². The Morgan fingerprint density at radius 3 is 2.82 bits per heavy atom. The number of carbonyl (C=O) groups is 1. The Kier molecular flexibility index (Phi) is 2.72. The average Bonchev–Trinajstić information content (AvgIpc) is 2.56. The molecule has 90 valence electrons. The molecule has 0 aliphatic carbocycles. The summed E-state index contributed by atoms with van der Waals surface area (Å²) in [7, 11) is 0. The first kappa shape index (κ1) is 11.4. The van der Waals surface area contributed by atoms with E-state index in [-0.39, 0.29) is 17.9 Å². The fourth-order valence-corrected chi connectivity index (χ4v) is 1.70. The maximum absolute atomic E-state index is 11.0. The van der Waals surface area contributed by atoms with Crippen LogP contribution >= 0.6 is 0 Å². The van der Waals surface area contributed by atoms with Gasteiger partial charge < -0.3 is 15.3 Å². The SMILES string of the molecule is CC(O)Cc1nc(C(=O)O)c2ccc(O)cn12. The molecule has 0 saturated carbocycles. The summed E-state index contributed by atoms with van der Waals surface area (Å²) >= 11 is 0. The first-order chi connectivity index (χ1) is 7.99. The first-order valence-corrected chi connectivity index (χ1v) is 5.10. The van der Waals surface area contributed by atoms with Crippen LogP contribution in [0.15, 0.2) is 18.3 Å². The lowest BCUT2D eigenvalue weighted by Gasteiger charge is -2.03. The lowest BCUT2D eigenvalue weighted by Crippen LogP contribution is -2.08. The van der Waals surface area contributed by atoms with Crippen molar-refractivity contribution in [3.8, 4) is 5.75 Å². The highest BCUT2D eigenvalue weighted by molar-refractivity contribution is 5.93. The molecular formula is C11H12N2O4. The zero-order valence-corrected chi connectivity index (χ0v) is 9.16. The number of fused-ring (bicyclic) bond motifs is 1. The highest BCUT2D eigenvalue weighted by Gasteiger charge is 2.17. The molecule has 0 saturated heterocycles. The van der Waals surface area contributed by atoms with Gasteiger partial charge in [0.1, 0.15) is 11.6 Å². The third-order valence-electron chi connectivity index (χ3n) is 2.37. The maximum Gasteiger partial charge on any atom is 0.356 e. The van der Waals surface area contributed by atoms with Crippen LogP contribution in [0.5, 0.6) is 5.75 Å². The zero-order chi connectivity index (χ0) is 12.6. The quantitative estimate of drug-likeness (QED) is 0.727. The minimum absolute atomic E-state index is 0.0127. The molecule has 3 N–H and O–H groups in total. The van der Waals surface area contributed by atoms with Crippen LogP contribution in [0.1, 0.15) is 23.2 Å². The number of hydrogen-bond acceptors (Lipinski definition) is 4. The number of carboxylic acid groups (broad SMARTS) is 1. The summed E-state index contributed by atoms with van der Waals surface area (Å²) < 4.78 is 1.48. The summed E-state index contributed by atoms with van der Waals surface area (Å²) in [5.74, 6) is -0.716. The van der Waals surface area contributed by atoms with Crippen LogP contribution in [-0.2, 0) is 6.42 Å². The largest absolute Gasteiger partial charge is 0.506 e. The molecule has 2 heterocycles. The molecule has 0 bridgehead atoms. The molecule has 0 spiro atoms. The predicted octanol–water partition coefficient (Wildman–Crippen LogP) is 0.661. The van der Waals surface area contributed by atoms with Crippen LogP contribution in [0, 0.1) is 0 Å². The summed E-state index contributed by atoms with van der Waals surface area (Å²) in [6.45, 7) is 1.59. The Bertz CT molecular complexity index is 574. The van der Waals surface area contributed by atoms with E-state index in [1.807, 2.05) is 0 Å². The number of carboxylic acids is 1. The van der Waals surface area contributed by atoms with Gasteiger partial charge in [0.2, 0.25) is 0 Å².